The second kappa shape index (κ2) is 8.55. The molecule has 0 amide bonds. The Morgan fingerprint density at radius 1 is 1.00 bits per heavy atom. The predicted octanol–water partition coefficient (Wildman–Crippen LogP) is 5.24. The molecule has 34 heavy (non-hydrogen) atoms. The molecule has 0 atom stereocenters. The Labute approximate surface area is 196 Å². The van der Waals surface area contributed by atoms with E-state index in [2.05, 4.69) is 44.5 Å². The molecule has 0 aliphatic heterocycles. The molecule has 8 nitrogen and oxygen atoms in total. The van der Waals surface area contributed by atoms with E-state index in [1.54, 1.807) is 25.9 Å². The van der Waals surface area contributed by atoms with Gasteiger partial charge in [0.05, 0.1) is 24.8 Å². The van der Waals surface area contributed by atoms with Crippen molar-refractivity contribution in [3.63, 3.8) is 0 Å². The molecule has 4 aromatic heterocycles. The first-order valence-electron chi connectivity index (χ1n) is 11.2. The molecule has 0 spiro atoms. The summed E-state index contributed by atoms with van der Waals surface area (Å²) in [5.74, 6) is 2.02. The minimum absolute atomic E-state index is 0.393. The average molecular weight is 451 g/mol. The highest BCUT2D eigenvalue weighted by molar-refractivity contribution is 5.86. The minimum atomic E-state index is 0.393. The Kier molecular flexibility index (Phi) is 5.10. The van der Waals surface area contributed by atoms with E-state index >= 15 is 0 Å². The van der Waals surface area contributed by atoms with Crippen LogP contribution in [0.4, 0.5) is 5.82 Å². The van der Waals surface area contributed by atoms with E-state index in [0.717, 1.165) is 40.9 Å². The highest BCUT2D eigenvalue weighted by atomic mass is 16.5. The van der Waals surface area contributed by atoms with Crippen LogP contribution >= 0.6 is 0 Å². The molecular formula is C26H22N6O2. The third kappa shape index (κ3) is 3.83. The first-order chi connectivity index (χ1) is 16.8. The van der Waals surface area contributed by atoms with Crippen molar-refractivity contribution in [2.75, 3.05) is 12.4 Å². The first-order valence-corrected chi connectivity index (χ1v) is 11.2. The zero-order chi connectivity index (χ0) is 22.9. The summed E-state index contributed by atoms with van der Waals surface area (Å²) in [6.07, 6.45) is 7.16. The summed E-state index contributed by atoms with van der Waals surface area (Å²) in [5.41, 5.74) is 6.14. The van der Waals surface area contributed by atoms with Crippen molar-refractivity contribution < 1.29 is 9.15 Å². The lowest BCUT2D eigenvalue weighted by molar-refractivity contribution is 0.397. The number of hydrogen-bond donors (Lipinski definition) is 1. The molecule has 0 radical (unpaired) electrons. The molecule has 0 bridgehead atoms. The topological polar surface area (TPSA) is 98.9 Å². The van der Waals surface area contributed by atoms with E-state index in [1.165, 1.54) is 0 Å². The van der Waals surface area contributed by atoms with Gasteiger partial charge in [-0.15, -0.1) is 0 Å². The number of methoxy groups -OCH3 is 1. The van der Waals surface area contributed by atoms with Crippen molar-refractivity contribution in [1.29, 1.82) is 0 Å². The Morgan fingerprint density at radius 2 is 1.88 bits per heavy atom. The molecule has 1 aliphatic carbocycles. The van der Waals surface area contributed by atoms with E-state index in [9.17, 15) is 0 Å². The van der Waals surface area contributed by atoms with Gasteiger partial charge in [0.25, 0.3) is 0 Å². The molecule has 1 aliphatic rings. The van der Waals surface area contributed by atoms with Crippen LogP contribution < -0.4 is 10.1 Å². The van der Waals surface area contributed by atoms with Crippen LogP contribution in [-0.4, -0.2) is 32.0 Å². The smallest absolute Gasteiger partial charge is 0.227 e. The Bertz CT molecular complexity index is 1450. The van der Waals surface area contributed by atoms with Crippen LogP contribution in [0.1, 0.15) is 30.0 Å². The van der Waals surface area contributed by atoms with E-state index in [1.807, 2.05) is 24.3 Å². The summed E-state index contributed by atoms with van der Waals surface area (Å²) >= 11 is 0. The number of aromatic nitrogens is 5. The molecule has 1 fully saturated rings. The monoisotopic (exact) mass is 450 g/mol. The molecule has 1 N–H and O–H groups in total. The lowest BCUT2D eigenvalue weighted by atomic mass is 10.1. The molecule has 0 saturated heterocycles. The molecule has 8 heteroatoms. The maximum absolute atomic E-state index is 5.69. The number of fused-ring (bicyclic) bond motifs is 1. The molecule has 168 valence electrons. The molecule has 5 aromatic rings. The van der Waals surface area contributed by atoms with Gasteiger partial charge in [-0.2, -0.15) is 0 Å². The molecule has 1 saturated carbocycles. The maximum atomic E-state index is 5.69. The molecule has 0 unspecified atom stereocenters. The number of nitrogens with zero attached hydrogens (tertiary/aromatic N) is 5. The van der Waals surface area contributed by atoms with Crippen LogP contribution in [0.25, 0.3) is 33.7 Å². The quantitative estimate of drug-likeness (QED) is 0.359. The summed E-state index contributed by atoms with van der Waals surface area (Å²) in [7, 11) is 1.60. The number of pyridine rings is 1. The van der Waals surface area contributed by atoms with Crippen molar-refractivity contribution in [3.8, 4) is 28.5 Å². The van der Waals surface area contributed by atoms with E-state index in [4.69, 9.17) is 19.1 Å². The Hall–Kier alpha value is -4.33. The van der Waals surface area contributed by atoms with Gasteiger partial charge < -0.3 is 14.5 Å². The number of benzene rings is 1. The fraction of sp³-hybridized carbons (Fsp3) is 0.192. The Balaban J connectivity index is 1.32. The first kappa shape index (κ1) is 20.3. The summed E-state index contributed by atoms with van der Waals surface area (Å²) in [5, 5.41) is 3.42. The zero-order valence-corrected chi connectivity index (χ0v) is 18.6. The van der Waals surface area contributed by atoms with Crippen molar-refractivity contribution >= 4 is 16.9 Å². The summed E-state index contributed by atoms with van der Waals surface area (Å²) < 4.78 is 11.2. The normalized spacial score (nSPS) is 13.2. The van der Waals surface area contributed by atoms with Gasteiger partial charge in [0.2, 0.25) is 5.88 Å². The average Bonchev–Trinajstić information content (AvgIpc) is 3.64. The lowest BCUT2D eigenvalue weighted by Gasteiger charge is -2.12. The third-order valence-corrected chi connectivity index (χ3v) is 5.90. The molecule has 1 aromatic carbocycles. The largest absolute Gasteiger partial charge is 0.480 e. The second-order valence-electron chi connectivity index (χ2n) is 8.21. The van der Waals surface area contributed by atoms with Crippen LogP contribution in [-0.2, 0) is 6.54 Å². The van der Waals surface area contributed by atoms with Crippen LogP contribution in [0, 0.1) is 0 Å². The number of nitrogens with one attached hydrogen (secondary N) is 1. The van der Waals surface area contributed by atoms with E-state index in [-0.39, 0.29) is 0 Å². The lowest BCUT2D eigenvalue weighted by Crippen LogP contribution is -2.06. The minimum Gasteiger partial charge on any atom is -0.480 e. The van der Waals surface area contributed by atoms with Gasteiger partial charge in [-0.25, -0.2) is 19.9 Å². The second-order valence-corrected chi connectivity index (χ2v) is 8.21. The van der Waals surface area contributed by atoms with Gasteiger partial charge in [-0.05, 0) is 30.5 Å². The summed E-state index contributed by atoms with van der Waals surface area (Å²) in [6, 6.07) is 16.0. The van der Waals surface area contributed by atoms with Gasteiger partial charge in [0.1, 0.15) is 17.4 Å². The van der Waals surface area contributed by atoms with Crippen molar-refractivity contribution in [2.45, 2.75) is 25.3 Å². The molecular weight excluding hydrogens is 428 g/mol. The van der Waals surface area contributed by atoms with Crippen LogP contribution in [0.2, 0.25) is 0 Å². The van der Waals surface area contributed by atoms with Crippen LogP contribution in [0.5, 0.6) is 5.88 Å². The van der Waals surface area contributed by atoms with Crippen molar-refractivity contribution in [1.82, 2.24) is 24.9 Å². The number of ether oxygens (including phenoxy) is 1. The zero-order valence-electron chi connectivity index (χ0n) is 18.6. The number of furan rings is 1. The summed E-state index contributed by atoms with van der Waals surface area (Å²) in [6.45, 7) is 0.576. The van der Waals surface area contributed by atoms with Crippen LogP contribution in [0.3, 0.4) is 0 Å². The maximum Gasteiger partial charge on any atom is 0.227 e. The molecule has 4 heterocycles. The van der Waals surface area contributed by atoms with Crippen molar-refractivity contribution in [3.05, 3.63) is 78.6 Å². The molecule has 6 rings (SSSR count). The SMILES string of the molecule is COc1ncnc(C2CC2)c1-c1nc(NCc2ccc(-c3ccccn3)cc2)c2occc2n1. The standard InChI is InChI=1S/C26H22N6O2/c1-33-26-21(22(18-9-10-18)29-15-30-26)24-31-20-11-13-34-23(20)25(32-24)28-14-16-5-7-17(8-6-16)19-4-2-3-12-27-19/h2-8,11-13,15,18H,9-10,14H2,1H3,(H,28,31,32). The number of hydrogen-bond acceptors (Lipinski definition) is 8. The van der Waals surface area contributed by atoms with Gasteiger partial charge in [-0.1, -0.05) is 30.3 Å². The Morgan fingerprint density at radius 3 is 2.65 bits per heavy atom. The van der Waals surface area contributed by atoms with Gasteiger partial charge in [0, 0.05) is 30.3 Å². The fourth-order valence-electron chi connectivity index (χ4n) is 4.02. The number of anilines is 1. The van der Waals surface area contributed by atoms with Crippen LogP contribution in [0.15, 0.2) is 71.7 Å². The van der Waals surface area contributed by atoms with Gasteiger partial charge >= 0.3 is 0 Å². The summed E-state index contributed by atoms with van der Waals surface area (Å²) in [4.78, 5) is 22.8. The fourth-order valence-corrected chi connectivity index (χ4v) is 4.02. The predicted molar refractivity (Wildman–Crippen MR) is 128 cm³/mol. The number of rotatable bonds is 7. The van der Waals surface area contributed by atoms with Gasteiger partial charge in [0.15, 0.2) is 17.2 Å². The van der Waals surface area contributed by atoms with E-state index in [0.29, 0.717) is 41.1 Å². The highest BCUT2D eigenvalue weighted by Crippen LogP contribution is 2.45. The van der Waals surface area contributed by atoms with E-state index < -0.39 is 0 Å². The van der Waals surface area contributed by atoms with Crippen molar-refractivity contribution in [2.24, 2.45) is 0 Å². The third-order valence-electron chi connectivity index (χ3n) is 5.90. The highest BCUT2D eigenvalue weighted by Gasteiger charge is 2.31. The van der Waals surface area contributed by atoms with Gasteiger partial charge in [-0.3, -0.25) is 4.98 Å².